The van der Waals surface area contributed by atoms with Crippen LogP contribution in [0, 0.1) is 11.8 Å². The van der Waals surface area contributed by atoms with Gasteiger partial charge in [-0.25, -0.2) is 8.42 Å². The van der Waals surface area contributed by atoms with E-state index in [0.717, 1.165) is 19.5 Å². The van der Waals surface area contributed by atoms with Gasteiger partial charge in [-0.15, -0.1) is 0 Å². The van der Waals surface area contributed by atoms with E-state index in [9.17, 15) is 8.42 Å². The molecular formula is C11H23NO3S. The molecule has 0 atom stereocenters. The zero-order valence-electron chi connectivity index (χ0n) is 10.2. The molecule has 1 rings (SSSR count). The monoisotopic (exact) mass is 249 g/mol. The highest BCUT2D eigenvalue weighted by atomic mass is 32.2. The molecule has 0 aromatic carbocycles. The van der Waals surface area contributed by atoms with Gasteiger partial charge in [0.05, 0.1) is 18.1 Å². The number of hydrogen-bond donors (Lipinski definition) is 1. The van der Waals surface area contributed by atoms with Crippen molar-refractivity contribution < 1.29 is 13.2 Å². The third kappa shape index (κ3) is 5.82. The quantitative estimate of drug-likeness (QED) is 0.643. The molecule has 1 heterocycles. The predicted octanol–water partition coefficient (Wildman–Crippen LogP) is 0.683. The summed E-state index contributed by atoms with van der Waals surface area (Å²) in [6.07, 6.45) is 0.993. The molecule has 0 radical (unpaired) electrons. The number of hydrogen-bond acceptors (Lipinski definition) is 4. The highest BCUT2D eigenvalue weighted by Gasteiger charge is 2.23. The van der Waals surface area contributed by atoms with Gasteiger partial charge in [0.2, 0.25) is 0 Å². The van der Waals surface area contributed by atoms with E-state index in [1.54, 1.807) is 0 Å². The second-order valence-corrected chi connectivity index (χ2v) is 7.16. The summed E-state index contributed by atoms with van der Waals surface area (Å²) in [6, 6.07) is 0. The van der Waals surface area contributed by atoms with Crippen molar-refractivity contribution in [2.24, 2.45) is 11.8 Å². The molecule has 0 spiro atoms. The fourth-order valence-electron chi connectivity index (χ4n) is 1.52. The van der Waals surface area contributed by atoms with Crippen molar-refractivity contribution in [3.63, 3.8) is 0 Å². The fraction of sp³-hybridized carbons (Fsp3) is 1.00. The summed E-state index contributed by atoms with van der Waals surface area (Å²) in [7, 11) is -2.91. The van der Waals surface area contributed by atoms with Gasteiger partial charge < -0.3 is 10.1 Å². The molecule has 0 unspecified atom stereocenters. The Morgan fingerprint density at radius 1 is 1.31 bits per heavy atom. The van der Waals surface area contributed by atoms with Crippen LogP contribution in [0.25, 0.3) is 0 Å². The van der Waals surface area contributed by atoms with E-state index in [2.05, 4.69) is 19.2 Å². The minimum atomic E-state index is -2.91. The molecule has 1 aliphatic heterocycles. The summed E-state index contributed by atoms with van der Waals surface area (Å²) >= 11 is 0. The predicted molar refractivity (Wildman–Crippen MR) is 65.3 cm³/mol. The fourth-order valence-corrected chi connectivity index (χ4v) is 3.01. The van der Waals surface area contributed by atoms with Crippen molar-refractivity contribution >= 4 is 9.84 Å². The average Bonchev–Trinajstić information content (AvgIpc) is 2.11. The van der Waals surface area contributed by atoms with Crippen LogP contribution in [0.3, 0.4) is 0 Å². The lowest BCUT2D eigenvalue weighted by Gasteiger charge is -2.26. The third-order valence-electron chi connectivity index (χ3n) is 2.73. The second-order valence-electron chi connectivity index (χ2n) is 4.93. The molecule has 4 nitrogen and oxygen atoms in total. The number of ether oxygens (including phenoxy) is 1. The highest BCUT2D eigenvalue weighted by Crippen LogP contribution is 2.07. The van der Waals surface area contributed by atoms with E-state index in [4.69, 9.17) is 4.74 Å². The van der Waals surface area contributed by atoms with Crippen molar-refractivity contribution in [3.05, 3.63) is 0 Å². The van der Waals surface area contributed by atoms with E-state index < -0.39 is 9.84 Å². The second kappa shape index (κ2) is 6.57. The number of rotatable bonds is 8. The maximum atomic E-state index is 11.6. The lowest BCUT2D eigenvalue weighted by Crippen LogP contribution is -2.46. The van der Waals surface area contributed by atoms with Crippen LogP contribution in [0.1, 0.15) is 20.3 Å². The van der Waals surface area contributed by atoms with Crippen molar-refractivity contribution in [1.29, 1.82) is 0 Å². The Bertz CT molecular complexity index is 284. The molecule has 1 fully saturated rings. The third-order valence-corrected chi connectivity index (χ3v) is 4.50. The van der Waals surface area contributed by atoms with Crippen LogP contribution in [0.2, 0.25) is 0 Å². The van der Waals surface area contributed by atoms with Gasteiger partial charge in [0, 0.05) is 19.7 Å². The van der Waals surface area contributed by atoms with Crippen LogP contribution in [-0.2, 0) is 14.6 Å². The molecule has 0 aromatic rings. The topological polar surface area (TPSA) is 55.4 Å². The van der Waals surface area contributed by atoms with Crippen LogP contribution in [0.4, 0.5) is 0 Å². The zero-order valence-corrected chi connectivity index (χ0v) is 11.1. The molecule has 1 aliphatic rings. The summed E-state index contributed by atoms with van der Waals surface area (Å²) in [5, 5.41) is 3.08. The summed E-state index contributed by atoms with van der Waals surface area (Å²) in [6.45, 7) is 6.95. The van der Waals surface area contributed by atoms with E-state index in [0.29, 0.717) is 30.8 Å². The van der Waals surface area contributed by atoms with E-state index in [-0.39, 0.29) is 5.75 Å². The van der Waals surface area contributed by atoms with Gasteiger partial charge in [-0.2, -0.15) is 0 Å². The molecule has 0 amide bonds. The van der Waals surface area contributed by atoms with Gasteiger partial charge in [0.15, 0.2) is 9.84 Å². The van der Waals surface area contributed by atoms with E-state index in [1.165, 1.54) is 0 Å². The van der Waals surface area contributed by atoms with E-state index >= 15 is 0 Å². The normalized spacial score (nSPS) is 17.7. The van der Waals surface area contributed by atoms with Gasteiger partial charge >= 0.3 is 0 Å². The van der Waals surface area contributed by atoms with Crippen molar-refractivity contribution in [2.75, 3.05) is 37.8 Å². The molecule has 5 heteroatoms. The first-order valence-corrected chi connectivity index (χ1v) is 7.80. The summed E-state index contributed by atoms with van der Waals surface area (Å²) < 4.78 is 28.6. The average molecular weight is 249 g/mol. The standard InChI is InChI=1S/C11H23NO3S/c1-10(2)3-4-15-5-6-16(13,14)9-11-7-12-8-11/h10-12H,3-9H2,1-2H3. The van der Waals surface area contributed by atoms with Crippen LogP contribution in [0.15, 0.2) is 0 Å². The number of nitrogens with one attached hydrogen (secondary N) is 1. The minimum Gasteiger partial charge on any atom is -0.380 e. The molecule has 16 heavy (non-hydrogen) atoms. The van der Waals surface area contributed by atoms with Crippen molar-refractivity contribution in [3.8, 4) is 0 Å². The van der Waals surface area contributed by atoms with Crippen LogP contribution >= 0.6 is 0 Å². The maximum Gasteiger partial charge on any atom is 0.152 e. The highest BCUT2D eigenvalue weighted by molar-refractivity contribution is 7.91. The summed E-state index contributed by atoms with van der Waals surface area (Å²) in [4.78, 5) is 0. The largest absolute Gasteiger partial charge is 0.380 e. The molecule has 0 aromatic heterocycles. The smallest absolute Gasteiger partial charge is 0.152 e. The summed E-state index contributed by atoms with van der Waals surface area (Å²) in [5.41, 5.74) is 0. The van der Waals surface area contributed by atoms with Gasteiger partial charge in [-0.05, 0) is 18.3 Å². The van der Waals surface area contributed by atoms with E-state index in [1.807, 2.05) is 0 Å². The summed E-state index contributed by atoms with van der Waals surface area (Å²) in [5.74, 6) is 1.41. The van der Waals surface area contributed by atoms with Crippen molar-refractivity contribution in [2.45, 2.75) is 20.3 Å². The molecule has 1 saturated heterocycles. The Morgan fingerprint density at radius 2 is 2.00 bits per heavy atom. The van der Waals surface area contributed by atoms with Gasteiger partial charge in [0.1, 0.15) is 0 Å². The van der Waals surface area contributed by atoms with Crippen LogP contribution < -0.4 is 5.32 Å². The Morgan fingerprint density at radius 3 is 2.50 bits per heavy atom. The molecule has 0 saturated carbocycles. The SMILES string of the molecule is CC(C)CCOCCS(=O)(=O)CC1CNC1. The molecule has 0 aliphatic carbocycles. The zero-order chi connectivity index (χ0) is 12.0. The first-order valence-electron chi connectivity index (χ1n) is 5.98. The Labute approximate surface area is 98.7 Å². The number of sulfone groups is 1. The lowest BCUT2D eigenvalue weighted by molar-refractivity contribution is 0.137. The van der Waals surface area contributed by atoms with Crippen molar-refractivity contribution in [1.82, 2.24) is 5.32 Å². The van der Waals surface area contributed by atoms with Crippen LogP contribution in [-0.4, -0.2) is 46.2 Å². The van der Waals surface area contributed by atoms with Gasteiger partial charge in [-0.1, -0.05) is 13.8 Å². The Kier molecular flexibility index (Phi) is 5.72. The Balaban J connectivity index is 2.06. The van der Waals surface area contributed by atoms with Crippen LogP contribution in [0.5, 0.6) is 0 Å². The lowest BCUT2D eigenvalue weighted by atomic mass is 10.1. The Hall–Kier alpha value is -0.130. The first kappa shape index (κ1) is 13.9. The molecule has 1 N–H and O–H groups in total. The molecule has 0 bridgehead atoms. The maximum absolute atomic E-state index is 11.6. The van der Waals surface area contributed by atoms with Gasteiger partial charge in [0.25, 0.3) is 0 Å². The first-order chi connectivity index (χ1) is 7.49. The molecular weight excluding hydrogens is 226 g/mol. The van der Waals surface area contributed by atoms with Gasteiger partial charge in [-0.3, -0.25) is 0 Å². The minimum absolute atomic E-state index is 0.168. The molecule has 96 valence electrons.